The molecule has 2 aromatic carbocycles. The number of fused-ring (bicyclic) bond motifs is 3. The second-order valence-electron chi connectivity index (χ2n) is 7.94. The quantitative estimate of drug-likeness (QED) is 0.442. The number of aromatic nitrogens is 2. The normalized spacial score (nSPS) is 13.7. The molecule has 1 aliphatic carbocycles. The summed E-state index contributed by atoms with van der Waals surface area (Å²) < 4.78 is 29.2. The molecule has 3 nitrogen and oxygen atoms in total. The molecule has 30 heavy (non-hydrogen) atoms. The molecular weight excluding hydrogens is 382 g/mol. The Kier molecular flexibility index (Phi) is 3.97. The van der Waals surface area contributed by atoms with E-state index in [0.717, 1.165) is 17.2 Å². The summed E-state index contributed by atoms with van der Waals surface area (Å²) in [6.45, 7) is 4.13. The predicted molar refractivity (Wildman–Crippen MR) is 112 cm³/mol. The molecule has 4 aromatic rings. The van der Waals surface area contributed by atoms with E-state index in [1.165, 1.54) is 6.07 Å². The van der Waals surface area contributed by atoms with Crippen molar-refractivity contribution in [2.24, 2.45) is 0 Å². The second-order valence-corrected chi connectivity index (χ2v) is 7.94. The number of hydrogen-bond acceptors (Lipinski definition) is 3. The minimum absolute atomic E-state index is 0.137. The number of phenolic OH excluding ortho intramolecular Hbond substituents is 1. The van der Waals surface area contributed by atoms with Crippen molar-refractivity contribution in [3.8, 4) is 39.5 Å². The van der Waals surface area contributed by atoms with E-state index in [1.807, 2.05) is 18.2 Å². The largest absolute Gasteiger partial charge is 0.507 e. The summed E-state index contributed by atoms with van der Waals surface area (Å²) in [6.07, 6.45) is 1.56. The zero-order valence-corrected chi connectivity index (χ0v) is 16.4. The number of phenols is 1. The fourth-order valence-corrected chi connectivity index (χ4v) is 4.22. The summed E-state index contributed by atoms with van der Waals surface area (Å²) >= 11 is 0. The zero-order chi connectivity index (χ0) is 21.0. The summed E-state index contributed by atoms with van der Waals surface area (Å²) in [5, 5.41) is 10.5. The van der Waals surface area contributed by atoms with Gasteiger partial charge in [-0.15, -0.1) is 0 Å². The van der Waals surface area contributed by atoms with Gasteiger partial charge < -0.3 is 5.11 Å². The summed E-state index contributed by atoms with van der Waals surface area (Å²) in [5.74, 6) is -1.24. The van der Waals surface area contributed by atoms with Crippen LogP contribution in [-0.2, 0) is 5.41 Å². The molecule has 5 rings (SSSR count). The highest BCUT2D eigenvalue weighted by atomic mass is 19.1. The van der Waals surface area contributed by atoms with Crippen LogP contribution in [0, 0.1) is 11.6 Å². The molecule has 148 valence electrons. The van der Waals surface area contributed by atoms with Crippen molar-refractivity contribution < 1.29 is 13.9 Å². The number of rotatable bonds is 2. The minimum atomic E-state index is -0.700. The standard InChI is InChI=1S/C25H18F2N2O/c1-25(2)16-6-5-8-22(30)23(16)24-17(25)9-10-21(29-24)15-12-14(18(26)13-19(15)27)20-7-3-4-11-28-20/h3-13,30H,1-2H3. The fraction of sp³-hybridized carbons (Fsp3) is 0.120. The molecule has 1 aliphatic rings. The number of hydrogen-bond donors (Lipinski definition) is 1. The van der Waals surface area contributed by atoms with Gasteiger partial charge in [-0.1, -0.05) is 38.1 Å². The van der Waals surface area contributed by atoms with E-state index in [2.05, 4.69) is 18.8 Å². The first-order valence-electron chi connectivity index (χ1n) is 9.63. The maximum absolute atomic E-state index is 14.8. The van der Waals surface area contributed by atoms with Crippen LogP contribution < -0.4 is 0 Å². The first kappa shape index (κ1) is 18.4. The maximum atomic E-state index is 14.8. The van der Waals surface area contributed by atoms with Crippen molar-refractivity contribution in [1.82, 2.24) is 9.97 Å². The monoisotopic (exact) mass is 400 g/mol. The lowest BCUT2D eigenvalue weighted by atomic mass is 9.82. The van der Waals surface area contributed by atoms with Crippen molar-refractivity contribution in [2.75, 3.05) is 0 Å². The van der Waals surface area contributed by atoms with Gasteiger partial charge in [0.2, 0.25) is 0 Å². The fourth-order valence-electron chi connectivity index (χ4n) is 4.22. The first-order chi connectivity index (χ1) is 14.4. The van der Waals surface area contributed by atoms with Crippen LogP contribution in [0.15, 0.2) is 66.9 Å². The van der Waals surface area contributed by atoms with Crippen LogP contribution in [0.3, 0.4) is 0 Å². The Labute approximate surface area is 172 Å². The van der Waals surface area contributed by atoms with Crippen LogP contribution >= 0.6 is 0 Å². The minimum Gasteiger partial charge on any atom is -0.507 e. The summed E-state index contributed by atoms with van der Waals surface area (Å²) in [6, 6.07) is 16.5. The summed E-state index contributed by atoms with van der Waals surface area (Å²) in [7, 11) is 0. The van der Waals surface area contributed by atoms with Crippen molar-refractivity contribution in [2.45, 2.75) is 19.3 Å². The van der Waals surface area contributed by atoms with Gasteiger partial charge in [-0.3, -0.25) is 4.98 Å². The van der Waals surface area contributed by atoms with Crippen molar-refractivity contribution in [1.29, 1.82) is 0 Å². The molecule has 2 aromatic heterocycles. The van der Waals surface area contributed by atoms with Gasteiger partial charge in [-0.05, 0) is 41.5 Å². The van der Waals surface area contributed by atoms with Crippen LogP contribution in [0.4, 0.5) is 8.78 Å². The van der Waals surface area contributed by atoms with E-state index >= 15 is 0 Å². The number of benzene rings is 2. The smallest absolute Gasteiger partial charge is 0.135 e. The lowest BCUT2D eigenvalue weighted by Gasteiger charge is -2.21. The first-order valence-corrected chi connectivity index (χ1v) is 9.63. The lowest BCUT2D eigenvalue weighted by molar-refractivity contribution is 0.476. The topological polar surface area (TPSA) is 46.0 Å². The molecular formula is C25H18F2N2O. The molecule has 5 heteroatoms. The van der Waals surface area contributed by atoms with E-state index in [-0.39, 0.29) is 22.3 Å². The predicted octanol–water partition coefficient (Wildman–Crippen LogP) is 6.10. The average Bonchev–Trinajstić information content (AvgIpc) is 2.96. The van der Waals surface area contributed by atoms with Crippen molar-refractivity contribution in [3.05, 3.63) is 89.6 Å². The summed E-state index contributed by atoms with van der Waals surface area (Å²) in [5.41, 5.74) is 4.04. The Morgan fingerprint density at radius 2 is 1.57 bits per heavy atom. The number of pyridine rings is 2. The van der Waals surface area contributed by atoms with E-state index in [0.29, 0.717) is 22.6 Å². The molecule has 0 spiro atoms. The van der Waals surface area contributed by atoms with E-state index in [4.69, 9.17) is 4.98 Å². The third-order valence-electron chi connectivity index (χ3n) is 5.79. The van der Waals surface area contributed by atoms with Crippen LogP contribution in [0.25, 0.3) is 33.8 Å². The van der Waals surface area contributed by atoms with Gasteiger partial charge in [0, 0.05) is 34.4 Å². The van der Waals surface area contributed by atoms with E-state index in [9.17, 15) is 13.9 Å². The molecule has 0 atom stereocenters. The molecule has 0 fully saturated rings. The van der Waals surface area contributed by atoms with Crippen LogP contribution in [-0.4, -0.2) is 15.1 Å². The highest BCUT2D eigenvalue weighted by molar-refractivity contribution is 5.84. The van der Waals surface area contributed by atoms with E-state index in [1.54, 1.807) is 36.5 Å². The van der Waals surface area contributed by atoms with E-state index < -0.39 is 11.6 Å². The molecule has 0 saturated heterocycles. The molecule has 2 heterocycles. The third-order valence-corrected chi connectivity index (χ3v) is 5.79. The van der Waals surface area contributed by atoms with Crippen molar-refractivity contribution >= 4 is 0 Å². The van der Waals surface area contributed by atoms with Gasteiger partial charge in [0.15, 0.2) is 0 Å². The molecule has 1 N–H and O–H groups in total. The molecule has 0 unspecified atom stereocenters. The van der Waals surface area contributed by atoms with Crippen LogP contribution in [0.1, 0.15) is 25.0 Å². The van der Waals surface area contributed by atoms with Gasteiger partial charge >= 0.3 is 0 Å². The van der Waals surface area contributed by atoms with Crippen LogP contribution in [0.2, 0.25) is 0 Å². The summed E-state index contributed by atoms with van der Waals surface area (Å²) in [4.78, 5) is 8.88. The Bertz CT molecular complexity index is 1300. The lowest BCUT2D eigenvalue weighted by Crippen LogP contribution is -2.15. The molecule has 0 saturated carbocycles. The highest BCUT2D eigenvalue weighted by Gasteiger charge is 2.38. The van der Waals surface area contributed by atoms with Gasteiger partial charge in [-0.25, -0.2) is 13.8 Å². The maximum Gasteiger partial charge on any atom is 0.135 e. The zero-order valence-electron chi connectivity index (χ0n) is 16.4. The molecule has 0 bridgehead atoms. The Morgan fingerprint density at radius 1 is 0.800 bits per heavy atom. The Hall–Kier alpha value is -3.60. The number of aromatic hydroxyl groups is 1. The second kappa shape index (κ2) is 6.46. The Morgan fingerprint density at radius 3 is 2.30 bits per heavy atom. The molecule has 0 amide bonds. The van der Waals surface area contributed by atoms with Crippen molar-refractivity contribution in [3.63, 3.8) is 0 Å². The number of nitrogens with zero attached hydrogens (tertiary/aromatic N) is 2. The molecule has 0 radical (unpaired) electrons. The SMILES string of the molecule is CC1(C)c2ccc(-c3cc(-c4ccccn4)c(F)cc3F)nc2-c2c(O)cccc21. The Balaban J connectivity index is 1.72. The highest BCUT2D eigenvalue weighted by Crippen LogP contribution is 2.51. The van der Waals surface area contributed by atoms with Gasteiger partial charge in [-0.2, -0.15) is 0 Å². The average molecular weight is 400 g/mol. The van der Waals surface area contributed by atoms with Gasteiger partial charge in [0.1, 0.15) is 17.4 Å². The van der Waals surface area contributed by atoms with Gasteiger partial charge in [0.25, 0.3) is 0 Å². The molecule has 0 aliphatic heterocycles. The van der Waals surface area contributed by atoms with Crippen LogP contribution in [0.5, 0.6) is 5.75 Å². The van der Waals surface area contributed by atoms with Gasteiger partial charge in [0.05, 0.1) is 17.1 Å². The number of halogens is 2. The third kappa shape index (κ3) is 2.62.